The van der Waals surface area contributed by atoms with E-state index in [9.17, 15) is 14.9 Å². The predicted octanol–water partition coefficient (Wildman–Crippen LogP) is 5.51. The van der Waals surface area contributed by atoms with E-state index < -0.39 is 4.92 Å². The van der Waals surface area contributed by atoms with Gasteiger partial charge in [-0.05, 0) is 36.4 Å². The van der Waals surface area contributed by atoms with Crippen LogP contribution in [0, 0.1) is 10.1 Å². The van der Waals surface area contributed by atoms with Gasteiger partial charge >= 0.3 is 0 Å². The Labute approximate surface area is 151 Å². The Hall–Kier alpha value is -2.99. The van der Waals surface area contributed by atoms with Crippen LogP contribution >= 0.6 is 15.9 Å². The Morgan fingerprint density at radius 3 is 2.56 bits per heavy atom. The molecular weight excluding hydrogens is 386 g/mol. The zero-order valence-corrected chi connectivity index (χ0v) is 14.5. The number of halogens is 1. The van der Waals surface area contributed by atoms with E-state index in [1.807, 2.05) is 30.3 Å². The molecule has 3 aromatic rings. The molecule has 1 heterocycles. The van der Waals surface area contributed by atoms with E-state index in [1.54, 1.807) is 12.1 Å². The number of hydrogen-bond acceptors (Lipinski definition) is 4. The third-order valence-electron chi connectivity index (χ3n) is 3.50. The van der Waals surface area contributed by atoms with Crippen molar-refractivity contribution in [2.24, 2.45) is 0 Å². The summed E-state index contributed by atoms with van der Waals surface area (Å²) in [4.78, 5) is 22.4. The molecule has 0 atom stereocenters. The molecule has 5 nitrogen and oxygen atoms in total. The fourth-order valence-electron chi connectivity index (χ4n) is 2.24. The molecule has 0 aliphatic carbocycles. The maximum atomic E-state index is 12.2. The highest BCUT2D eigenvalue weighted by molar-refractivity contribution is 9.10. The largest absolute Gasteiger partial charge is 0.457 e. The smallest absolute Gasteiger partial charge is 0.270 e. The molecule has 0 N–H and O–H groups in total. The Morgan fingerprint density at radius 2 is 1.84 bits per heavy atom. The van der Waals surface area contributed by atoms with Crippen molar-refractivity contribution in [3.05, 3.63) is 92.7 Å². The number of furan rings is 1. The predicted molar refractivity (Wildman–Crippen MR) is 98.3 cm³/mol. The van der Waals surface area contributed by atoms with Gasteiger partial charge in [0, 0.05) is 27.7 Å². The molecule has 1 aromatic heterocycles. The van der Waals surface area contributed by atoms with Gasteiger partial charge in [-0.15, -0.1) is 0 Å². The molecular formula is C19H12BrNO4. The number of hydrogen-bond donors (Lipinski definition) is 0. The molecule has 0 radical (unpaired) electrons. The summed E-state index contributed by atoms with van der Waals surface area (Å²) in [7, 11) is 0. The number of carbonyl (C=O) groups excluding carboxylic acids is 1. The van der Waals surface area contributed by atoms with Crippen molar-refractivity contribution in [3.8, 4) is 11.3 Å². The van der Waals surface area contributed by atoms with Crippen LogP contribution in [0.4, 0.5) is 5.69 Å². The normalized spacial score (nSPS) is 10.9. The second kappa shape index (κ2) is 7.27. The van der Waals surface area contributed by atoms with E-state index in [2.05, 4.69) is 15.9 Å². The molecule has 2 aromatic carbocycles. The molecule has 3 rings (SSSR count). The van der Waals surface area contributed by atoms with E-state index in [0.717, 1.165) is 10.0 Å². The first kappa shape index (κ1) is 16.9. The van der Waals surface area contributed by atoms with Gasteiger partial charge in [0.1, 0.15) is 11.5 Å². The fourth-order valence-corrected chi connectivity index (χ4v) is 2.50. The lowest BCUT2D eigenvalue weighted by Gasteiger charge is -1.97. The first-order chi connectivity index (χ1) is 12.0. The molecule has 0 aliphatic heterocycles. The summed E-state index contributed by atoms with van der Waals surface area (Å²) >= 11 is 3.38. The Balaban J connectivity index is 1.76. The van der Waals surface area contributed by atoms with Crippen molar-refractivity contribution in [1.29, 1.82) is 0 Å². The van der Waals surface area contributed by atoms with Crippen LogP contribution in [0.3, 0.4) is 0 Å². The highest BCUT2D eigenvalue weighted by atomic mass is 79.9. The zero-order chi connectivity index (χ0) is 17.8. The van der Waals surface area contributed by atoms with E-state index in [0.29, 0.717) is 11.5 Å². The molecule has 0 aliphatic rings. The van der Waals surface area contributed by atoms with Gasteiger partial charge in [0.25, 0.3) is 5.69 Å². The summed E-state index contributed by atoms with van der Waals surface area (Å²) in [6.07, 6.45) is 2.88. The van der Waals surface area contributed by atoms with Gasteiger partial charge in [-0.2, -0.15) is 0 Å². The molecule has 0 bridgehead atoms. The maximum Gasteiger partial charge on any atom is 0.270 e. The number of allylic oxidation sites excluding steroid dienone is 1. The molecule has 0 spiro atoms. The van der Waals surface area contributed by atoms with Crippen molar-refractivity contribution in [3.63, 3.8) is 0 Å². The minimum atomic E-state index is -0.530. The summed E-state index contributed by atoms with van der Waals surface area (Å²) in [5.41, 5.74) is 1.06. The number of nitro groups is 1. The monoisotopic (exact) mass is 397 g/mol. The van der Waals surface area contributed by atoms with Gasteiger partial charge < -0.3 is 4.42 Å². The number of carbonyl (C=O) groups is 1. The Kier molecular flexibility index (Phi) is 4.90. The average Bonchev–Trinajstić information content (AvgIpc) is 3.09. The minimum Gasteiger partial charge on any atom is -0.457 e. The maximum absolute atomic E-state index is 12.2. The molecule has 0 saturated carbocycles. The van der Waals surface area contributed by atoms with Crippen LogP contribution in [0.15, 0.2) is 75.6 Å². The topological polar surface area (TPSA) is 73.3 Å². The van der Waals surface area contributed by atoms with Gasteiger partial charge in [-0.25, -0.2) is 0 Å². The van der Waals surface area contributed by atoms with Crippen LogP contribution in [0.2, 0.25) is 0 Å². The third kappa shape index (κ3) is 4.10. The van der Waals surface area contributed by atoms with Crippen molar-refractivity contribution < 1.29 is 14.1 Å². The van der Waals surface area contributed by atoms with Gasteiger partial charge in [0.15, 0.2) is 5.78 Å². The third-order valence-corrected chi connectivity index (χ3v) is 4.02. The molecule has 0 saturated heterocycles. The van der Waals surface area contributed by atoms with Crippen LogP contribution in [0.25, 0.3) is 17.4 Å². The highest BCUT2D eigenvalue weighted by Crippen LogP contribution is 2.24. The van der Waals surface area contributed by atoms with Crippen LogP contribution in [0.1, 0.15) is 16.1 Å². The second-order valence-corrected chi connectivity index (χ2v) is 6.13. The van der Waals surface area contributed by atoms with E-state index >= 15 is 0 Å². The number of rotatable bonds is 5. The van der Waals surface area contributed by atoms with Crippen LogP contribution < -0.4 is 0 Å². The van der Waals surface area contributed by atoms with Gasteiger partial charge in [0.05, 0.1) is 4.92 Å². The molecule has 0 amide bonds. The summed E-state index contributed by atoms with van der Waals surface area (Å²) in [6, 6.07) is 16.9. The highest BCUT2D eigenvalue weighted by Gasteiger charge is 2.10. The average molecular weight is 398 g/mol. The van der Waals surface area contributed by atoms with Gasteiger partial charge in [-0.3, -0.25) is 14.9 Å². The lowest BCUT2D eigenvalue weighted by Crippen LogP contribution is -1.96. The first-order valence-corrected chi connectivity index (χ1v) is 8.15. The van der Waals surface area contributed by atoms with E-state index in [1.165, 1.54) is 30.3 Å². The molecule has 0 fully saturated rings. The molecule has 25 heavy (non-hydrogen) atoms. The van der Waals surface area contributed by atoms with E-state index in [-0.39, 0.29) is 17.0 Å². The van der Waals surface area contributed by atoms with Crippen LogP contribution in [0.5, 0.6) is 0 Å². The quantitative estimate of drug-likeness (QED) is 0.246. The SMILES string of the molecule is O=C(C=Cc1ccc(-c2ccc(Br)cc2)o1)c1cccc([N+](=O)[O-])c1. The first-order valence-electron chi connectivity index (χ1n) is 7.35. The van der Waals surface area contributed by atoms with Gasteiger partial charge in [-0.1, -0.05) is 40.2 Å². The second-order valence-electron chi connectivity index (χ2n) is 5.21. The number of nitro benzene ring substituents is 1. The minimum absolute atomic E-state index is 0.116. The number of nitrogens with zero attached hydrogens (tertiary/aromatic N) is 1. The van der Waals surface area contributed by atoms with Gasteiger partial charge in [0.2, 0.25) is 0 Å². The Bertz CT molecular complexity index is 958. The summed E-state index contributed by atoms with van der Waals surface area (Å²) in [5.74, 6) is 0.886. The van der Waals surface area contributed by atoms with Crippen molar-refractivity contribution in [2.75, 3.05) is 0 Å². The van der Waals surface area contributed by atoms with Crippen molar-refractivity contribution in [1.82, 2.24) is 0 Å². The van der Waals surface area contributed by atoms with E-state index in [4.69, 9.17) is 4.42 Å². The standard InChI is InChI=1S/C19H12BrNO4/c20-15-6-4-13(5-7-15)19-11-9-17(25-19)8-10-18(22)14-2-1-3-16(12-14)21(23)24/h1-12H. The van der Waals surface area contributed by atoms with Crippen LogP contribution in [-0.2, 0) is 0 Å². The summed E-state index contributed by atoms with van der Waals surface area (Å²) in [5, 5.41) is 10.8. The molecule has 6 heteroatoms. The van der Waals surface area contributed by atoms with Crippen molar-refractivity contribution >= 4 is 33.5 Å². The summed E-state index contributed by atoms with van der Waals surface area (Å²) < 4.78 is 6.67. The lowest BCUT2D eigenvalue weighted by molar-refractivity contribution is -0.384. The van der Waals surface area contributed by atoms with Crippen LogP contribution in [-0.4, -0.2) is 10.7 Å². The summed E-state index contributed by atoms with van der Waals surface area (Å²) in [6.45, 7) is 0. The lowest BCUT2D eigenvalue weighted by atomic mass is 10.1. The number of non-ortho nitro benzene ring substituents is 1. The molecule has 124 valence electrons. The Morgan fingerprint density at radius 1 is 1.08 bits per heavy atom. The molecule has 0 unspecified atom stereocenters. The fraction of sp³-hybridized carbons (Fsp3) is 0. The number of benzene rings is 2. The number of ketones is 1. The zero-order valence-electron chi connectivity index (χ0n) is 12.9. The van der Waals surface area contributed by atoms with Crippen molar-refractivity contribution in [2.45, 2.75) is 0 Å².